The van der Waals surface area contributed by atoms with Gasteiger partial charge in [-0.05, 0) is 80.6 Å². The second-order valence-electron chi connectivity index (χ2n) is 13.0. The summed E-state index contributed by atoms with van der Waals surface area (Å²) in [5, 5.41) is 2.58. The minimum atomic E-state index is -4.39. The number of benzene rings is 3. The smallest absolute Gasteiger partial charge is 0.378 e. The number of piperazine rings is 2. The summed E-state index contributed by atoms with van der Waals surface area (Å²) >= 11 is 0. The van der Waals surface area contributed by atoms with Crippen LogP contribution in [-0.4, -0.2) is 103 Å². The van der Waals surface area contributed by atoms with Crippen LogP contribution in [0, 0.1) is 0 Å². The molecule has 0 atom stereocenters. The van der Waals surface area contributed by atoms with Crippen LogP contribution in [0.3, 0.4) is 0 Å². The van der Waals surface area contributed by atoms with Crippen molar-refractivity contribution in [2.45, 2.75) is 36.3 Å². The number of amides is 1. The minimum absolute atomic E-state index is 0.112. The maximum atomic E-state index is 13.6. The van der Waals surface area contributed by atoms with Gasteiger partial charge in [-0.3, -0.25) is 4.79 Å². The van der Waals surface area contributed by atoms with Gasteiger partial charge >= 0.3 is 12.4 Å². The zero-order chi connectivity index (χ0) is 37.7. The molecule has 0 spiro atoms. The van der Waals surface area contributed by atoms with E-state index in [0.29, 0.717) is 69.4 Å². The first kappa shape index (κ1) is 39.2. The molecular weight excluding hydrogens is 712 g/mol. The number of hydrogen-bond acceptors (Lipinski definition) is 8. The number of carbonyl (C=O) groups excluding carboxylic acids is 1. The molecule has 3 aromatic carbocycles. The molecule has 3 fully saturated rings. The zero-order valence-electron chi connectivity index (χ0n) is 29.0. The predicted molar refractivity (Wildman–Crippen MR) is 188 cm³/mol. The maximum absolute atomic E-state index is 13.6. The molecule has 3 aromatic rings. The first-order valence-electron chi connectivity index (χ1n) is 17.1. The van der Waals surface area contributed by atoms with Gasteiger partial charge in [0, 0.05) is 82.5 Å². The molecule has 52 heavy (non-hydrogen) atoms. The summed E-state index contributed by atoms with van der Waals surface area (Å²) in [5.74, 6) is -0.260. The van der Waals surface area contributed by atoms with Crippen LogP contribution in [0.25, 0.3) is 0 Å². The first-order chi connectivity index (χ1) is 24.6. The average Bonchev–Trinajstić information content (AvgIpc) is 3.14. The van der Waals surface area contributed by atoms with Gasteiger partial charge in [0.1, 0.15) is 0 Å². The van der Waals surface area contributed by atoms with Gasteiger partial charge in [0.2, 0.25) is 0 Å². The Bertz CT molecular complexity index is 1750. The van der Waals surface area contributed by atoms with E-state index in [1.807, 2.05) is 9.80 Å². The Balaban J connectivity index is 0.000000272. The lowest BCUT2D eigenvalue weighted by molar-refractivity contribution is -0.138. The van der Waals surface area contributed by atoms with Gasteiger partial charge in [0.15, 0.2) is 9.84 Å². The van der Waals surface area contributed by atoms with Gasteiger partial charge in [-0.25, -0.2) is 8.42 Å². The van der Waals surface area contributed by atoms with Gasteiger partial charge < -0.3 is 29.7 Å². The summed E-state index contributed by atoms with van der Waals surface area (Å²) in [4.78, 5) is 21.5. The molecule has 0 radical (unpaired) electrons. The van der Waals surface area contributed by atoms with Crippen molar-refractivity contribution in [3.05, 3.63) is 83.4 Å². The van der Waals surface area contributed by atoms with E-state index >= 15 is 0 Å². The summed E-state index contributed by atoms with van der Waals surface area (Å²) in [6.45, 7) is 10.5. The molecule has 0 unspecified atom stereocenters. The van der Waals surface area contributed by atoms with E-state index in [4.69, 9.17) is 4.74 Å². The molecule has 3 heterocycles. The van der Waals surface area contributed by atoms with Crippen LogP contribution in [0.1, 0.15) is 35.3 Å². The molecule has 9 nitrogen and oxygen atoms in total. The first-order valence-corrected chi connectivity index (χ1v) is 18.7. The van der Waals surface area contributed by atoms with E-state index < -0.39 is 38.6 Å². The Labute approximate surface area is 300 Å². The van der Waals surface area contributed by atoms with Crippen molar-refractivity contribution >= 4 is 32.8 Å². The van der Waals surface area contributed by atoms with Gasteiger partial charge in [0.05, 0.1) is 40.0 Å². The Hall–Kier alpha value is -4.02. The molecule has 0 bridgehead atoms. The number of hydrogen-bond donors (Lipinski definition) is 1. The highest BCUT2D eigenvalue weighted by Gasteiger charge is 2.32. The topological polar surface area (TPSA) is 85.4 Å². The van der Waals surface area contributed by atoms with Crippen molar-refractivity contribution in [3.63, 3.8) is 0 Å². The second-order valence-corrected chi connectivity index (χ2v) is 15.5. The van der Waals surface area contributed by atoms with Crippen molar-refractivity contribution in [2.75, 3.05) is 93.4 Å². The van der Waals surface area contributed by atoms with Crippen molar-refractivity contribution in [1.82, 2.24) is 10.2 Å². The van der Waals surface area contributed by atoms with Crippen molar-refractivity contribution in [1.29, 1.82) is 0 Å². The molecule has 1 amide bonds. The number of rotatable bonds is 6. The molecule has 3 saturated heterocycles. The second kappa shape index (κ2) is 16.3. The number of halogens is 6. The van der Waals surface area contributed by atoms with E-state index in [0.717, 1.165) is 56.1 Å². The third-order valence-electron chi connectivity index (χ3n) is 9.30. The number of carbonyl (C=O) groups is 1. The Morgan fingerprint density at radius 1 is 0.673 bits per heavy atom. The summed E-state index contributed by atoms with van der Waals surface area (Å²) in [5.41, 5.74) is 1.24. The van der Waals surface area contributed by atoms with Gasteiger partial charge in [0.25, 0.3) is 5.91 Å². The van der Waals surface area contributed by atoms with Crippen molar-refractivity contribution in [3.8, 4) is 0 Å². The number of morpholine rings is 1. The SMILES string of the molecule is CC(C)S(=O)(=O)c1ccc(N2CCOCC2)c(C(=O)N2CCN(c3ccc(C(F)(F)F)cc3)CC2)c1.FC(F)(F)c1ccc(N2CCNCC2)cc1. The summed E-state index contributed by atoms with van der Waals surface area (Å²) in [6, 6.07) is 15.1. The molecule has 3 aliphatic heterocycles. The van der Waals surface area contributed by atoms with Crippen LogP contribution in [-0.2, 0) is 26.9 Å². The third-order valence-corrected chi connectivity index (χ3v) is 11.5. The molecule has 6 rings (SSSR count). The number of ether oxygens (including phenoxy) is 1. The normalized spacial score (nSPS) is 17.6. The molecule has 284 valence electrons. The summed E-state index contributed by atoms with van der Waals surface area (Å²) in [7, 11) is -3.57. The zero-order valence-corrected chi connectivity index (χ0v) is 29.8. The van der Waals surface area contributed by atoms with E-state index in [1.54, 1.807) is 30.9 Å². The Morgan fingerprint density at radius 2 is 1.15 bits per heavy atom. The van der Waals surface area contributed by atoms with E-state index in [-0.39, 0.29) is 10.8 Å². The number of alkyl halides is 6. The number of anilines is 3. The van der Waals surface area contributed by atoms with Crippen LogP contribution < -0.4 is 20.0 Å². The van der Waals surface area contributed by atoms with E-state index in [1.165, 1.54) is 30.3 Å². The van der Waals surface area contributed by atoms with Gasteiger partial charge in [-0.1, -0.05) is 0 Å². The maximum Gasteiger partial charge on any atom is 0.416 e. The lowest BCUT2D eigenvalue weighted by Gasteiger charge is -2.37. The lowest BCUT2D eigenvalue weighted by atomic mass is 10.1. The summed E-state index contributed by atoms with van der Waals surface area (Å²) < 4.78 is 107. The fourth-order valence-electron chi connectivity index (χ4n) is 6.20. The molecule has 1 N–H and O–H groups in total. The summed E-state index contributed by atoms with van der Waals surface area (Å²) in [6.07, 6.45) is -8.64. The standard InChI is InChI=1S/C25H30F3N3O4S.C11H13F3N2/c1-18(2)36(33,34)21-7-8-23(30-13-15-35-16-14-30)22(17-21)24(32)31-11-9-29(10-12-31)20-5-3-19(4-6-20)25(26,27)28;12-11(13,14)9-1-3-10(4-2-9)16-7-5-15-6-8-16/h3-8,17-18H,9-16H2,1-2H3;1-4,15H,5-8H2. The largest absolute Gasteiger partial charge is 0.416 e. The quantitative estimate of drug-likeness (QED) is 0.317. The van der Waals surface area contributed by atoms with Crippen LogP contribution in [0.4, 0.5) is 43.4 Å². The van der Waals surface area contributed by atoms with E-state index in [2.05, 4.69) is 10.2 Å². The van der Waals surface area contributed by atoms with Crippen LogP contribution in [0.5, 0.6) is 0 Å². The minimum Gasteiger partial charge on any atom is -0.378 e. The molecule has 0 aromatic heterocycles. The lowest BCUT2D eigenvalue weighted by Crippen LogP contribution is -2.49. The van der Waals surface area contributed by atoms with Gasteiger partial charge in [-0.2, -0.15) is 26.3 Å². The van der Waals surface area contributed by atoms with Crippen molar-refractivity contribution < 1.29 is 44.3 Å². The number of nitrogens with zero attached hydrogens (tertiary/aromatic N) is 4. The number of nitrogens with one attached hydrogen (secondary N) is 1. The molecule has 16 heteroatoms. The van der Waals surface area contributed by atoms with E-state index in [9.17, 15) is 39.6 Å². The highest BCUT2D eigenvalue weighted by Crippen LogP contribution is 2.33. The average molecular weight is 756 g/mol. The fourth-order valence-corrected chi connectivity index (χ4v) is 7.28. The highest BCUT2D eigenvalue weighted by atomic mass is 32.2. The Morgan fingerprint density at radius 3 is 1.62 bits per heavy atom. The molecule has 3 aliphatic rings. The van der Waals surface area contributed by atoms with Crippen LogP contribution >= 0.6 is 0 Å². The molecular formula is C36H43F6N5O4S. The van der Waals surface area contributed by atoms with Gasteiger partial charge in [-0.15, -0.1) is 0 Å². The highest BCUT2D eigenvalue weighted by molar-refractivity contribution is 7.92. The molecule has 0 saturated carbocycles. The number of sulfone groups is 1. The van der Waals surface area contributed by atoms with Crippen LogP contribution in [0.2, 0.25) is 0 Å². The monoisotopic (exact) mass is 755 g/mol. The Kier molecular flexibility index (Phi) is 12.3. The third kappa shape index (κ3) is 9.50. The molecule has 0 aliphatic carbocycles. The fraction of sp³-hybridized carbons (Fsp3) is 0.472. The van der Waals surface area contributed by atoms with Crippen LogP contribution in [0.15, 0.2) is 71.6 Å². The predicted octanol–water partition coefficient (Wildman–Crippen LogP) is 5.80. The van der Waals surface area contributed by atoms with Crippen molar-refractivity contribution in [2.24, 2.45) is 0 Å².